The van der Waals surface area contributed by atoms with E-state index in [1.54, 1.807) is 12.1 Å². The Bertz CT molecular complexity index is 691. The van der Waals surface area contributed by atoms with Gasteiger partial charge < -0.3 is 5.32 Å². The van der Waals surface area contributed by atoms with Gasteiger partial charge in [0.1, 0.15) is 0 Å². The summed E-state index contributed by atoms with van der Waals surface area (Å²) in [6, 6.07) is 7.14. The van der Waals surface area contributed by atoms with Gasteiger partial charge in [0.05, 0.1) is 10.5 Å². The normalized spacial score (nSPS) is 10.2. The van der Waals surface area contributed by atoms with Gasteiger partial charge in [0.25, 0.3) is 11.6 Å². The molecule has 1 aromatic carbocycles. The largest absolute Gasteiger partial charge is 0.348 e. The Kier molecular flexibility index (Phi) is 4.66. The fourth-order valence-corrected chi connectivity index (χ4v) is 1.85. The van der Waals surface area contributed by atoms with Crippen LogP contribution in [0.1, 0.15) is 15.9 Å². The van der Waals surface area contributed by atoms with Crippen LogP contribution in [0, 0.1) is 10.1 Å². The lowest BCUT2D eigenvalue weighted by molar-refractivity contribution is -0.384. The molecule has 1 N–H and O–H groups in total. The van der Waals surface area contributed by atoms with Gasteiger partial charge in [0.2, 0.25) is 0 Å². The van der Waals surface area contributed by atoms with E-state index >= 15 is 0 Å². The molecule has 2 aromatic rings. The van der Waals surface area contributed by atoms with Gasteiger partial charge in [-0.1, -0.05) is 35.3 Å². The van der Waals surface area contributed by atoms with Crippen molar-refractivity contribution in [2.45, 2.75) is 6.54 Å². The lowest BCUT2D eigenvalue weighted by Gasteiger charge is -2.06. The number of benzene rings is 1. The molecule has 0 unspecified atom stereocenters. The molecule has 0 fully saturated rings. The Morgan fingerprint density at radius 3 is 2.52 bits per heavy atom. The number of hydrogen-bond acceptors (Lipinski definition) is 5. The second-order valence-electron chi connectivity index (χ2n) is 3.98. The molecule has 0 saturated carbocycles. The van der Waals surface area contributed by atoms with Crippen molar-refractivity contribution in [3.8, 4) is 0 Å². The molecular formula is C12H8Cl2N4O3. The van der Waals surface area contributed by atoms with Gasteiger partial charge in [-0.25, -0.2) is 0 Å². The number of halogens is 2. The summed E-state index contributed by atoms with van der Waals surface area (Å²) in [7, 11) is 0. The van der Waals surface area contributed by atoms with E-state index in [-0.39, 0.29) is 28.1 Å². The van der Waals surface area contributed by atoms with E-state index in [4.69, 9.17) is 23.2 Å². The number of carbonyl (C=O) groups is 1. The van der Waals surface area contributed by atoms with E-state index < -0.39 is 10.8 Å². The quantitative estimate of drug-likeness (QED) is 0.687. The number of nitro groups is 1. The van der Waals surface area contributed by atoms with Crippen molar-refractivity contribution < 1.29 is 9.72 Å². The Balaban J connectivity index is 2.04. The van der Waals surface area contributed by atoms with Gasteiger partial charge in [-0.3, -0.25) is 14.9 Å². The predicted molar refractivity (Wildman–Crippen MR) is 76.3 cm³/mol. The van der Waals surface area contributed by atoms with E-state index in [0.717, 1.165) is 0 Å². The molecule has 0 atom stereocenters. The molecule has 1 amide bonds. The number of hydrogen-bond donors (Lipinski definition) is 1. The van der Waals surface area contributed by atoms with Crippen LogP contribution in [-0.4, -0.2) is 21.0 Å². The molecule has 108 valence electrons. The molecule has 1 heterocycles. The van der Waals surface area contributed by atoms with Crippen LogP contribution in [0.5, 0.6) is 0 Å². The molecule has 0 spiro atoms. The number of nitrogens with zero attached hydrogens (tertiary/aromatic N) is 3. The third kappa shape index (κ3) is 3.87. The van der Waals surface area contributed by atoms with Crippen LogP contribution in [-0.2, 0) is 6.54 Å². The second kappa shape index (κ2) is 6.47. The molecule has 0 aliphatic carbocycles. The maximum atomic E-state index is 11.9. The first-order valence-electron chi connectivity index (χ1n) is 5.67. The lowest BCUT2D eigenvalue weighted by atomic mass is 10.2. The summed E-state index contributed by atoms with van der Waals surface area (Å²) in [5, 5.41) is 20.2. The van der Waals surface area contributed by atoms with Crippen molar-refractivity contribution in [3.05, 3.63) is 61.9 Å². The highest BCUT2D eigenvalue weighted by atomic mass is 35.5. The minimum absolute atomic E-state index is 0.0155. The number of amides is 1. The van der Waals surface area contributed by atoms with Gasteiger partial charge in [0, 0.05) is 18.7 Å². The van der Waals surface area contributed by atoms with Crippen molar-refractivity contribution >= 4 is 34.8 Å². The standard InChI is InChI=1S/C12H8Cl2N4O3/c13-10-5-9(11(14)17-16-10)12(19)15-6-7-1-3-8(4-2-7)18(20)21/h1-5H,6H2,(H,15,19). The Morgan fingerprint density at radius 1 is 1.24 bits per heavy atom. The summed E-state index contributed by atoms with van der Waals surface area (Å²) >= 11 is 11.4. The Hall–Kier alpha value is -2.25. The molecule has 0 saturated heterocycles. The van der Waals surface area contributed by atoms with Crippen molar-refractivity contribution in [2.24, 2.45) is 0 Å². The summed E-state index contributed by atoms with van der Waals surface area (Å²) in [5.74, 6) is -0.463. The minimum Gasteiger partial charge on any atom is -0.348 e. The van der Waals surface area contributed by atoms with E-state index in [0.29, 0.717) is 5.56 Å². The zero-order valence-corrected chi connectivity index (χ0v) is 11.9. The highest BCUT2D eigenvalue weighted by Crippen LogP contribution is 2.16. The molecule has 2 rings (SSSR count). The smallest absolute Gasteiger partial charge is 0.269 e. The summed E-state index contributed by atoms with van der Waals surface area (Å²) in [6.45, 7) is 0.188. The summed E-state index contributed by atoms with van der Waals surface area (Å²) in [4.78, 5) is 22.0. The van der Waals surface area contributed by atoms with E-state index in [2.05, 4.69) is 15.5 Å². The predicted octanol–water partition coefficient (Wildman–Crippen LogP) is 2.62. The second-order valence-corrected chi connectivity index (χ2v) is 4.72. The van der Waals surface area contributed by atoms with Crippen LogP contribution in [0.25, 0.3) is 0 Å². The first kappa shape index (κ1) is 15.1. The van der Waals surface area contributed by atoms with E-state index in [9.17, 15) is 14.9 Å². The van der Waals surface area contributed by atoms with Crippen LogP contribution in [0.15, 0.2) is 30.3 Å². The third-order valence-corrected chi connectivity index (χ3v) is 3.03. The number of rotatable bonds is 4. The number of nitro benzene ring substituents is 1. The van der Waals surface area contributed by atoms with Crippen molar-refractivity contribution in [2.75, 3.05) is 0 Å². The molecule has 1 aromatic heterocycles. The van der Waals surface area contributed by atoms with Crippen LogP contribution in [0.3, 0.4) is 0 Å². The molecule has 9 heteroatoms. The van der Waals surface area contributed by atoms with E-state index in [1.165, 1.54) is 18.2 Å². The SMILES string of the molecule is O=C(NCc1ccc([N+](=O)[O-])cc1)c1cc(Cl)nnc1Cl. The van der Waals surface area contributed by atoms with Gasteiger partial charge >= 0.3 is 0 Å². The number of nitrogens with one attached hydrogen (secondary N) is 1. The molecule has 0 aliphatic heterocycles. The first-order valence-corrected chi connectivity index (χ1v) is 6.43. The fourth-order valence-electron chi connectivity index (χ4n) is 1.53. The lowest BCUT2D eigenvalue weighted by Crippen LogP contribution is -2.23. The highest BCUT2D eigenvalue weighted by molar-refractivity contribution is 6.34. The monoisotopic (exact) mass is 326 g/mol. The minimum atomic E-state index is -0.493. The topological polar surface area (TPSA) is 98.0 Å². The van der Waals surface area contributed by atoms with Crippen LogP contribution in [0.2, 0.25) is 10.3 Å². The summed E-state index contributed by atoms with van der Waals surface area (Å²) in [6.07, 6.45) is 0. The molecule has 0 aliphatic rings. The maximum Gasteiger partial charge on any atom is 0.269 e. The molecule has 0 bridgehead atoms. The van der Waals surface area contributed by atoms with Gasteiger partial charge in [-0.15, -0.1) is 10.2 Å². The van der Waals surface area contributed by atoms with Gasteiger partial charge in [-0.05, 0) is 11.6 Å². The maximum absolute atomic E-state index is 11.9. The number of non-ortho nitro benzene ring substituents is 1. The molecule has 0 radical (unpaired) electrons. The Morgan fingerprint density at radius 2 is 1.90 bits per heavy atom. The number of aromatic nitrogens is 2. The molecule has 21 heavy (non-hydrogen) atoms. The summed E-state index contributed by atoms with van der Waals surface area (Å²) in [5.41, 5.74) is 0.801. The van der Waals surface area contributed by atoms with Crippen molar-refractivity contribution in [3.63, 3.8) is 0 Å². The first-order chi connectivity index (χ1) is 9.97. The zero-order valence-electron chi connectivity index (χ0n) is 10.4. The average molecular weight is 327 g/mol. The van der Waals surface area contributed by atoms with Gasteiger partial charge in [0.15, 0.2) is 10.3 Å². The van der Waals surface area contributed by atoms with Crippen LogP contribution in [0.4, 0.5) is 5.69 Å². The average Bonchev–Trinajstić information content (AvgIpc) is 2.47. The number of carbonyl (C=O) groups excluding carboxylic acids is 1. The van der Waals surface area contributed by atoms with Gasteiger partial charge in [-0.2, -0.15) is 0 Å². The highest BCUT2D eigenvalue weighted by Gasteiger charge is 2.13. The van der Waals surface area contributed by atoms with Crippen LogP contribution < -0.4 is 5.32 Å². The molecule has 7 nitrogen and oxygen atoms in total. The fraction of sp³-hybridized carbons (Fsp3) is 0.0833. The van der Waals surface area contributed by atoms with Crippen molar-refractivity contribution in [1.82, 2.24) is 15.5 Å². The third-order valence-electron chi connectivity index (χ3n) is 2.56. The zero-order chi connectivity index (χ0) is 15.4. The van der Waals surface area contributed by atoms with Crippen LogP contribution >= 0.6 is 23.2 Å². The Labute approximate surface area is 129 Å². The molecular weight excluding hydrogens is 319 g/mol. The van der Waals surface area contributed by atoms with E-state index in [1.807, 2.05) is 0 Å². The van der Waals surface area contributed by atoms with Crippen molar-refractivity contribution in [1.29, 1.82) is 0 Å². The summed E-state index contributed by atoms with van der Waals surface area (Å²) < 4.78 is 0.